The molecule has 1 aromatic heterocycles. The lowest BCUT2D eigenvalue weighted by molar-refractivity contribution is -0.118. The summed E-state index contributed by atoms with van der Waals surface area (Å²) in [6.45, 7) is 3.94. The number of aromatic nitrogens is 1. The summed E-state index contributed by atoms with van der Waals surface area (Å²) in [4.78, 5) is 17.1. The van der Waals surface area contributed by atoms with Gasteiger partial charge in [0.15, 0.2) is 5.13 Å². The van der Waals surface area contributed by atoms with Gasteiger partial charge in [0.05, 0.1) is 5.69 Å². The lowest BCUT2D eigenvalue weighted by atomic mass is 9.75. The Morgan fingerprint density at radius 2 is 2.25 bits per heavy atom. The van der Waals surface area contributed by atoms with E-state index >= 15 is 0 Å². The second kappa shape index (κ2) is 4.14. The molecular weight excluding hydrogens is 222 g/mol. The molecule has 0 spiro atoms. The summed E-state index contributed by atoms with van der Waals surface area (Å²) in [5.41, 5.74) is 6.73. The van der Waals surface area contributed by atoms with Gasteiger partial charge in [0.1, 0.15) is 0 Å². The van der Waals surface area contributed by atoms with Crippen molar-refractivity contribution in [1.82, 2.24) is 4.98 Å². The average Bonchev–Trinajstić information content (AvgIpc) is 2.42. The summed E-state index contributed by atoms with van der Waals surface area (Å²) >= 11 is 1.51. The van der Waals surface area contributed by atoms with Crippen molar-refractivity contribution in [3.05, 3.63) is 10.6 Å². The van der Waals surface area contributed by atoms with Gasteiger partial charge in [-0.25, -0.2) is 4.98 Å². The number of nitrogens with two attached hydrogens (primary N) is 1. The van der Waals surface area contributed by atoms with Gasteiger partial charge in [0.25, 0.3) is 0 Å². The maximum atomic E-state index is 11.7. The number of amides is 1. The third-order valence-electron chi connectivity index (χ3n) is 3.14. The normalized spacial score (nSPS) is 17.9. The molecule has 1 heterocycles. The van der Waals surface area contributed by atoms with Crippen LogP contribution in [0.3, 0.4) is 0 Å². The first kappa shape index (κ1) is 11.5. The topological polar surface area (TPSA) is 68.0 Å². The van der Waals surface area contributed by atoms with Crippen LogP contribution in [-0.4, -0.2) is 16.4 Å². The van der Waals surface area contributed by atoms with Crippen molar-refractivity contribution >= 4 is 22.4 Å². The molecule has 0 aliphatic heterocycles. The van der Waals surface area contributed by atoms with E-state index < -0.39 is 0 Å². The number of anilines is 1. The van der Waals surface area contributed by atoms with Gasteiger partial charge in [0, 0.05) is 16.8 Å². The highest BCUT2D eigenvalue weighted by molar-refractivity contribution is 7.15. The van der Waals surface area contributed by atoms with Gasteiger partial charge in [-0.05, 0) is 33.1 Å². The van der Waals surface area contributed by atoms with E-state index in [0.717, 1.165) is 29.8 Å². The van der Waals surface area contributed by atoms with Crippen molar-refractivity contribution in [3.63, 3.8) is 0 Å². The summed E-state index contributed by atoms with van der Waals surface area (Å²) in [7, 11) is 0. The van der Waals surface area contributed by atoms with Gasteiger partial charge in [-0.15, -0.1) is 11.3 Å². The molecule has 1 aliphatic rings. The summed E-state index contributed by atoms with van der Waals surface area (Å²) in [5, 5.41) is 3.50. The zero-order chi connectivity index (χ0) is 11.8. The molecule has 1 saturated carbocycles. The van der Waals surface area contributed by atoms with Crippen molar-refractivity contribution in [2.45, 2.75) is 45.1 Å². The molecule has 4 nitrogen and oxygen atoms in total. The van der Waals surface area contributed by atoms with Crippen LogP contribution in [0.25, 0.3) is 0 Å². The van der Waals surface area contributed by atoms with Crippen LogP contribution in [0.2, 0.25) is 0 Å². The molecule has 0 atom stereocenters. The fourth-order valence-corrected chi connectivity index (χ4v) is 2.65. The quantitative estimate of drug-likeness (QED) is 0.847. The zero-order valence-corrected chi connectivity index (χ0v) is 10.5. The minimum absolute atomic E-state index is 0.0176. The number of hydrogen-bond acceptors (Lipinski definition) is 4. The van der Waals surface area contributed by atoms with E-state index in [4.69, 9.17) is 5.73 Å². The number of hydrogen-bond donors (Lipinski definition) is 2. The van der Waals surface area contributed by atoms with Crippen LogP contribution in [-0.2, 0) is 4.79 Å². The maximum absolute atomic E-state index is 11.7. The largest absolute Gasteiger partial charge is 0.325 e. The van der Waals surface area contributed by atoms with E-state index in [-0.39, 0.29) is 11.4 Å². The van der Waals surface area contributed by atoms with Crippen LogP contribution in [0.1, 0.15) is 36.3 Å². The molecule has 0 radical (unpaired) electrons. The monoisotopic (exact) mass is 239 g/mol. The van der Waals surface area contributed by atoms with E-state index in [2.05, 4.69) is 10.3 Å². The first-order chi connectivity index (χ1) is 7.48. The van der Waals surface area contributed by atoms with Crippen LogP contribution in [0.4, 0.5) is 5.13 Å². The lowest BCUT2D eigenvalue weighted by Crippen LogP contribution is -2.48. The average molecular weight is 239 g/mol. The van der Waals surface area contributed by atoms with Crippen LogP contribution in [0.5, 0.6) is 0 Å². The molecule has 1 amide bonds. The van der Waals surface area contributed by atoms with Crippen molar-refractivity contribution < 1.29 is 4.79 Å². The van der Waals surface area contributed by atoms with Crippen LogP contribution in [0, 0.1) is 13.8 Å². The molecule has 0 aromatic carbocycles. The smallest absolute Gasteiger partial charge is 0.228 e. The molecular formula is C11H17N3OS. The molecule has 88 valence electrons. The fourth-order valence-electron chi connectivity index (χ4n) is 1.82. The second-order valence-electron chi connectivity index (χ2n) is 4.60. The Morgan fingerprint density at radius 1 is 1.56 bits per heavy atom. The molecule has 1 aliphatic carbocycles. The zero-order valence-electron chi connectivity index (χ0n) is 9.67. The highest BCUT2D eigenvalue weighted by atomic mass is 32.1. The number of carbonyl (C=O) groups is 1. The molecule has 0 unspecified atom stereocenters. The van der Waals surface area contributed by atoms with E-state index in [1.54, 1.807) is 0 Å². The molecule has 0 bridgehead atoms. The highest BCUT2D eigenvalue weighted by Crippen LogP contribution is 2.32. The predicted octanol–water partition coefficient (Wildman–Crippen LogP) is 1.97. The Bertz CT molecular complexity index is 390. The Kier molecular flexibility index (Phi) is 2.99. The number of aryl methyl sites for hydroxylation is 2. The van der Waals surface area contributed by atoms with Gasteiger partial charge in [-0.1, -0.05) is 0 Å². The van der Waals surface area contributed by atoms with E-state index in [0.29, 0.717) is 11.6 Å². The number of nitrogens with one attached hydrogen (secondary N) is 1. The molecule has 0 saturated heterocycles. The molecule has 1 aromatic rings. The number of rotatable bonds is 3. The lowest BCUT2D eigenvalue weighted by Gasteiger charge is -2.37. The van der Waals surface area contributed by atoms with Crippen LogP contribution < -0.4 is 11.1 Å². The van der Waals surface area contributed by atoms with Crippen molar-refractivity contribution in [2.24, 2.45) is 5.73 Å². The Labute approximate surface area is 99.3 Å². The second-order valence-corrected chi connectivity index (χ2v) is 5.80. The number of nitrogens with zero attached hydrogens (tertiary/aromatic N) is 1. The third-order valence-corrected chi connectivity index (χ3v) is 4.13. The summed E-state index contributed by atoms with van der Waals surface area (Å²) in [6, 6.07) is 0. The standard InChI is InChI=1S/C11H17N3OS/c1-7-8(2)16-10(13-7)14-9(15)6-11(12)4-3-5-11/h3-6,12H2,1-2H3,(H,13,14,15). The van der Waals surface area contributed by atoms with E-state index in [9.17, 15) is 4.79 Å². The first-order valence-corrected chi connectivity index (χ1v) is 6.33. The summed E-state index contributed by atoms with van der Waals surface area (Å²) in [6.07, 6.45) is 3.45. The predicted molar refractivity (Wildman–Crippen MR) is 65.6 cm³/mol. The fraction of sp³-hybridized carbons (Fsp3) is 0.636. The Balaban J connectivity index is 1.92. The molecule has 16 heavy (non-hydrogen) atoms. The van der Waals surface area contributed by atoms with Crippen molar-refractivity contribution in [3.8, 4) is 0 Å². The molecule has 2 rings (SSSR count). The number of carbonyl (C=O) groups excluding carboxylic acids is 1. The van der Waals surface area contributed by atoms with E-state index in [1.807, 2.05) is 13.8 Å². The van der Waals surface area contributed by atoms with E-state index in [1.165, 1.54) is 11.3 Å². The molecule has 3 N–H and O–H groups in total. The minimum Gasteiger partial charge on any atom is -0.325 e. The SMILES string of the molecule is Cc1nc(NC(=O)CC2(N)CCC2)sc1C. The first-order valence-electron chi connectivity index (χ1n) is 5.51. The Hall–Kier alpha value is -0.940. The van der Waals surface area contributed by atoms with Gasteiger partial charge in [0.2, 0.25) is 5.91 Å². The minimum atomic E-state index is -0.258. The highest BCUT2D eigenvalue weighted by Gasteiger charge is 2.34. The van der Waals surface area contributed by atoms with Crippen LogP contribution >= 0.6 is 11.3 Å². The third kappa shape index (κ3) is 2.41. The van der Waals surface area contributed by atoms with Crippen molar-refractivity contribution in [1.29, 1.82) is 0 Å². The van der Waals surface area contributed by atoms with Gasteiger partial charge in [-0.3, -0.25) is 4.79 Å². The summed E-state index contributed by atoms with van der Waals surface area (Å²) in [5.74, 6) is -0.0176. The van der Waals surface area contributed by atoms with Gasteiger partial charge < -0.3 is 11.1 Å². The maximum Gasteiger partial charge on any atom is 0.228 e. The molecule has 1 fully saturated rings. The van der Waals surface area contributed by atoms with Crippen LogP contribution in [0.15, 0.2) is 0 Å². The number of thiazole rings is 1. The molecule has 5 heteroatoms. The van der Waals surface area contributed by atoms with Gasteiger partial charge >= 0.3 is 0 Å². The summed E-state index contributed by atoms with van der Waals surface area (Å²) < 4.78 is 0. The Morgan fingerprint density at radius 3 is 2.69 bits per heavy atom. The van der Waals surface area contributed by atoms with Gasteiger partial charge in [-0.2, -0.15) is 0 Å². The van der Waals surface area contributed by atoms with Crippen molar-refractivity contribution in [2.75, 3.05) is 5.32 Å².